The maximum atomic E-state index is 11.1. The molecule has 1 unspecified atom stereocenters. The normalized spacial score (nSPS) is 17.1. The molecular weight excluding hydrogens is 288 g/mol. The van der Waals surface area contributed by atoms with Crippen molar-refractivity contribution in [3.8, 4) is 0 Å². The van der Waals surface area contributed by atoms with Crippen molar-refractivity contribution in [2.24, 2.45) is 10.9 Å². The lowest BCUT2D eigenvalue weighted by molar-refractivity contribution is -0.127. The van der Waals surface area contributed by atoms with Crippen LogP contribution >= 0.6 is 11.8 Å². The monoisotopic (exact) mass is 306 g/mol. The van der Waals surface area contributed by atoms with Gasteiger partial charge in [-0.05, 0) is 12.3 Å². The van der Waals surface area contributed by atoms with Crippen molar-refractivity contribution < 1.29 is 9.63 Å². The van der Waals surface area contributed by atoms with Crippen LogP contribution in [0.5, 0.6) is 0 Å². The van der Waals surface area contributed by atoms with E-state index in [9.17, 15) is 4.79 Å². The number of primary amides is 1. The number of carbonyl (C=O) groups excluding carboxylic acids is 1. The summed E-state index contributed by atoms with van der Waals surface area (Å²) >= 11 is 1.57. The molecule has 0 fully saturated rings. The fraction of sp³-hybridized carbons (Fsp3) is 0.357. The maximum Gasteiger partial charge on any atom is 0.261 e. The highest BCUT2D eigenvalue weighted by Gasteiger charge is 2.28. The third-order valence-corrected chi connectivity index (χ3v) is 4.00. The minimum Gasteiger partial charge on any atom is -0.382 e. The predicted molar refractivity (Wildman–Crippen MR) is 84.0 cm³/mol. The van der Waals surface area contributed by atoms with Crippen molar-refractivity contribution in [3.63, 3.8) is 0 Å². The zero-order chi connectivity index (χ0) is 15.6. The Kier molecular flexibility index (Phi) is 4.52. The Morgan fingerprint density at radius 3 is 2.76 bits per heavy atom. The molecule has 0 aromatic heterocycles. The number of amides is 1. The summed E-state index contributed by atoms with van der Waals surface area (Å²) in [6, 6.07) is 5.73. The average Bonchev–Trinajstić information content (AvgIpc) is 2.95. The SMILES string of the molecule is CSc1cc(C(=N)N(C)C)ccc1C1=NOC(C(N)=O)C1. The number of hydrogen-bond acceptors (Lipinski definition) is 5. The summed E-state index contributed by atoms with van der Waals surface area (Å²) in [4.78, 5) is 18.9. The second-order valence-corrected chi connectivity index (χ2v) is 5.74. The Hall–Kier alpha value is -2.02. The zero-order valence-corrected chi connectivity index (χ0v) is 13.0. The maximum absolute atomic E-state index is 11.1. The first-order chi connectivity index (χ1) is 9.93. The van der Waals surface area contributed by atoms with Gasteiger partial charge < -0.3 is 15.5 Å². The molecule has 112 valence electrons. The molecule has 1 aromatic carbocycles. The Morgan fingerprint density at radius 1 is 1.52 bits per heavy atom. The van der Waals surface area contributed by atoms with Gasteiger partial charge in [-0.2, -0.15) is 0 Å². The van der Waals surface area contributed by atoms with Gasteiger partial charge >= 0.3 is 0 Å². The lowest BCUT2D eigenvalue weighted by atomic mass is 10.0. The van der Waals surface area contributed by atoms with Gasteiger partial charge in [0, 0.05) is 36.5 Å². The van der Waals surface area contributed by atoms with E-state index in [1.54, 1.807) is 16.7 Å². The van der Waals surface area contributed by atoms with Gasteiger partial charge in [0.25, 0.3) is 5.91 Å². The van der Waals surface area contributed by atoms with Crippen molar-refractivity contribution >= 4 is 29.2 Å². The van der Waals surface area contributed by atoms with E-state index in [4.69, 9.17) is 16.0 Å². The van der Waals surface area contributed by atoms with E-state index in [0.29, 0.717) is 18.0 Å². The number of hydrogen-bond donors (Lipinski definition) is 2. The van der Waals surface area contributed by atoms with Crippen LogP contribution in [0.3, 0.4) is 0 Å². The summed E-state index contributed by atoms with van der Waals surface area (Å²) in [5.41, 5.74) is 7.69. The molecule has 1 atom stereocenters. The zero-order valence-electron chi connectivity index (χ0n) is 12.2. The van der Waals surface area contributed by atoms with E-state index < -0.39 is 12.0 Å². The average molecular weight is 306 g/mol. The van der Waals surface area contributed by atoms with Crippen molar-refractivity contribution in [1.29, 1.82) is 5.41 Å². The fourth-order valence-corrected chi connectivity index (χ4v) is 2.67. The van der Waals surface area contributed by atoms with Crippen molar-refractivity contribution in [2.75, 3.05) is 20.4 Å². The molecule has 1 aromatic rings. The molecule has 0 bridgehead atoms. The van der Waals surface area contributed by atoms with Gasteiger partial charge in [-0.1, -0.05) is 17.3 Å². The number of nitrogens with one attached hydrogen (secondary N) is 1. The van der Waals surface area contributed by atoms with Crippen LogP contribution in [0.25, 0.3) is 0 Å². The number of rotatable bonds is 4. The standard InChI is InChI=1S/C14H18N4O2S/c1-18(2)13(15)8-4-5-9(12(6-8)21-3)10-7-11(14(16)19)20-17-10/h4-6,11,15H,7H2,1-3H3,(H2,16,19). The van der Waals surface area contributed by atoms with E-state index >= 15 is 0 Å². The van der Waals surface area contributed by atoms with Gasteiger partial charge in [-0.25, -0.2) is 0 Å². The fourth-order valence-electron chi connectivity index (χ4n) is 2.02. The van der Waals surface area contributed by atoms with Crippen LogP contribution in [0.15, 0.2) is 28.3 Å². The Morgan fingerprint density at radius 2 is 2.24 bits per heavy atom. The van der Waals surface area contributed by atoms with Crippen molar-refractivity contribution in [2.45, 2.75) is 17.4 Å². The number of nitrogens with two attached hydrogens (primary N) is 1. The lowest BCUT2D eigenvalue weighted by Gasteiger charge is -2.15. The highest BCUT2D eigenvalue weighted by atomic mass is 32.2. The smallest absolute Gasteiger partial charge is 0.261 e. The van der Waals surface area contributed by atoms with Gasteiger partial charge in [0.15, 0.2) is 0 Å². The van der Waals surface area contributed by atoms with Gasteiger partial charge in [0.1, 0.15) is 5.84 Å². The summed E-state index contributed by atoms with van der Waals surface area (Å²) in [7, 11) is 3.67. The van der Waals surface area contributed by atoms with Crippen molar-refractivity contribution in [3.05, 3.63) is 29.3 Å². The Labute approximate surface area is 127 Å². The number of nitrogens with zero attached hydrogens (tertiary/aromatic N) is 2. The Balaban J connectivity index is 2.30. The second-order valence-electron chi connectivity index (χ2n) is 4.90. The van der Waals surface area contributed by atoms with Crippen LogP contribution < -0.4 is 5.73 Å². The Bertz CT molecular complexity index is 613. The minimum absolute atomic E-state index is 0.382. The summed E-state index contributed by atoms with van der Waals surface area (Å²) in [6.07, 6.45) is 1.66. The second kappa shape index (κ2) is 6.17. The molecule has 6 nitrogen and oxygen atoms in total. The van der Waals surface area contributed by atoms with Crippen LogP contribution in [0.2, 0.25) is 0 Å². The van der Waals surface area contributed by atoms with E-state index in [0.717, 1.165) is 16.0 Å². The third-order valence-electron chi connectivity index (χ3n) is 3.22. The molecule has 1 amide bonds. The van der Waals surface area contributed by atoms with Crippen LogP contribution in [0, 0.1) is 5.41 Å². The predicted octanol–water partition coefficient (Wildman–Crippen LogP) is 1.27. The molecule has 7 heteroatoms. The van der Waals surface area contributed by atoms with Crippen LogP contribution in [0.1, 0.15) is 17.5 Å². The first-order valence-electron chi connectivity index (χ1n) is 6.40. The molecule has 1 heterocycles. The van der Waals surface area contributed by atoms with E-state index in [1.165, 1.54) is 0 Å². The molecule has 0 saturated carbocycles. The van der Waals surface area contributed by atoms with Gasteiger partial charge in [0.05, 0.1) is 5.71 Å². The molecule has 0 saturated heterocycles. The molecule has 1 aliphatic heterocycles. The molecule has 2 rings (SSSR count). The van der Waals surface area contributed by atoms with E-state index in [-0.39, 0.29) is 0 Å². The van der Waals surface area contributed by atoms with E-state index in [1.807, 2.05) is 38.6 Å². The molecule has 3 N–H and O–H groups in total. The highest BCUT2D eigenvalue weighted by Crippen LogP contribution is 2.27. The number of amidine groups is 1. The molecule has 0 spiro atoms. The molecular formula is C14H18N4O2S. The summed E-state index contributed by atoms with van der Waals surface area (Å²) in [5, 5.41) is 12.0. The third kappa shape index (κ3) is 3.18. The van der Waals surface area contributed by atoms with Gasteiger partial charge in [-0.3, -0.25) is 10.2 Å². The lowest BCUT2D eigenvalue weighted by Crippen LogP contribution is -2.28. The molecule has 0 aliphatic carbocycles. The molecule has 1 aliphatic rings. The number of carbonyl (C=O) groups is 1. The van der Waals surface area contributed by atoms with Crippen LogP contribution in [-0.4, -0.2) is 48.8 Å². The number of oxime groups is 1. The largest absolute Gasteiger partial charge is 0.382 e. The topological polar surface area (TPSA) is 91.8 Å². The highest BCUT2D eigenvalue weighted by molar-refractivity contribution is 7.98. The van der Waals surface area contributed by atoms with Gasteiger partial charge in [-0.15, -0.1) is 11.8 Å². The van der Waals surface area contributed by atoms with E-state index in [2.05, 4.69) is 5.16 Å². The molecule has 21 heavy (non-hydrogen) atoms. The molecule has 0 radical (unpaired) electrons. The van der Waals surface area contributed by atoms with Crippen LogP contribution in [0.4, 0.5) is 0 Å². The first-order valence-corrected chi connectivity index (χ1v) is 7.63. The summed E-state index contributed by atoms with van der Waals surface area (Å²) < 4.78 is 0. The van der Waals surface area contributed by atoms with Crippen molar-refractivity contribution in [1.82, 2.24) is 4.90 Å². The quantitative estimate of drug-likeness (QED) is 0.498. The first kappa shape index (κ1) is 15.4. The number of thioether (sulfide) groups is 1. The summed E-state index contributed by atoms with van der Waals surface area (Å²) in [6.45, 7) is 0. The van der Waals surface area contributed by atoms with Crippen LogP contribution in [-0.2, 0) is 9.63 Å². The number of benzene rings is 1. The van der Waals surface area contributed by atoms with Gasteiger partial charge in [0.2, 0.25) is 6.10 Å². The summed E-state index contributed by atoms with van der Waals surface area (Å²) in [5.74, 6) is -0.0677. The minimum atomic E-state index is -0.686.